The van der Waals surface area contributed by atoms with Gasteiger partial charge in [0.15, 0.2) is 0 Å². The third kappa shape index (κ3) is 6.23. The SMILES string of the molecule is CCC(C)(C)CC(C)(C)CC(C)(C)C(C)CP. The summed E-state index contributed by atoms with van der Waals surface area (Å²) >= 11 is 0. The number of rotatable bonds is 7. The Labute approximate surface area is 113 Å². The second kappa shape index (κ2) is 6.05. The highest BCUT2D eigenvalue weighted by molar-refractivity contribution is 7.16. The van der Waals surface area contributed by atoms with Crippen LogP contribution in [-0.2, 0) is 0 Å². The summed E-state index contributed by atoms with van der Waals surface area (Å²) in [6.45, 7) is 19.3. The maximum atomic E-state index is 2.90. The van der Waals surface area contributed by atoms with Gasteiger partial charge >= 0.3 is 0 Å². The van der Waals surface area contributed by atoms with Crippen LogP contribution in [0.15, 0.2) is 0 Å². The van der Waals surface area contributed by atoms with Crippen LogP contribution in [0.4, 0.5) is 0 Å². The lowest BCUT2D eigenvalue weighted by Gasteiger charge is -2.42. The summed E-state index contributed by atoms with van der Waals surface area (Å²) in [7, 11) is 2.90. The first kappa shape index (κ1) is 17.4. The molecule has 104 valence electrons. The quantitative estimate of drug-likeness (QED) is 0.509. The Morgan fingerprint density at radius 2 is 1.35 bits per heavy atom. The van der Waals surface area contributed by atoms with Crippen LogP contribution in [0.2, 0.25) is 0 Å². The van der Waals surface area contributed by atoms with Crippen LogP contribution in [0, 0.1) is 22.2 Å². The molecule has 0 spiro atoms. The molecule has 0 aromatic rings. The molecule has 0 heterocycles. The topological polar surface area (TPSA) is 0 Å². The fraction of sp³-hybridized carbons (Fsp3) is 1.00. The van der Waals surface area contributed by atoms with Crippen LogP contribution in [0.3, 0.4) is 0 Å². The fourth-order valence-corrected chi connectivity index (χ4v) is 3.85. The van der Waals surface area contributed by atoms with Crippen molar-refractivity contribution in [1.29, 1.82) is 0 Å². The van der Waals surface area contributed by atoms with Gasteiger partial charge in [-0.15, -0.1) is 9.24 Å². The smallest absolute Gasteiger partial charge is 0.0320 e. The first-order valence-electron chi connectivity index (χ1n) is 7.16. The summed E-state index contributed by atoms with van der Waals surface area (Å²) in [5.41, 5.74) is 1.36. The lowest BCUT2D eigenvalue weighted by atomic mass is 9.64. The number of hydrogen-bond donors (Lipinski definition) is 0. The third-order valence-corrected chi connectivity index (χ3v) is 5.24. The summed E-state index contributed by atoms with van der Waals surface area (Å²) in [5, 5.41) is 0. The molecule has 0 radical (unpaired) electrons. The molecule has 0 nitrogen and oxygen atoms in total. The van der Waals surface area contributed by atoms with Gasteiger partial charge in [0.1, 0.15) is 0 Å². The molecule has 0 N–H and O–H groups in total. The Morgan fingerprint density at radius 1 is 0.882 bits per heavy atom. The lowest BCUT2D eigenvalue weighted by molar-refractivity contribution is 0.0947. The normalized spacial score (nSPS) is 16.1. The van der Waals surface area contributed by atoms with Gasteiger partial charge in [0.25, 0.3) is 0 Å². The molecule has 0 fully saturated rings. The Morgan fingerprint density at radius 3 is 1.71 bits per heavy atom. The summed E-state index contributed by atoms with van der Waals surface area (Å²) in [6.07, 6.45) is 5.12. The summed E-state index contributed by atoms with van der Waals surface area (Å²) in [4.78, 5) is 0. The van der Waals surface area contributed by atoms with E-state index < -0.39 is 0 Å². The number of hydrogen-bond acceptors (Lipinski definition) is 0. The van der Waals surface area contributed by atoms with Gasteiger partial charge in [0, 0.05) is 0 Å². The van der Waals surface area contributed by atoms with Crippen molar-refractivity contribution >= 4 is 9.24 Å². The van der Waals surface area contributed by atoms with E-state index in [1.54, 1.807) is 0 Å². The van der Waals surface area contributed by atoms with Gasteiger partial charge in [-0.2, -0.15) is 0 Å². The van der Waals surface area contributed by atoms with E-state index in [9.17, 15) is 0 Å². The Kier molecular flexibility index (Phi) is 6.20. The van der Waals surface area contributed by atoms with Gasteiger partial charge in [-0.25, -0.2) is 0 Å². The van der Waals surface area contributed by atoms with Gasteiger partial charge in [-0.1, -0.05) is 61.8 Å². The minimum Gasteiger partial charge on any atom is -0.137 e. The van der Waals surface area contributed by atoms with E-state index in [2.05, 4.69) is 64.6 Å². The highest BCUT2D eigenvalue weighted by Gasteiger charge is 2.35. The Balaban J connectivity index is 4.64. The van der Waals surface area contributed by atoms with Crippen LogP contribution < -0.4 is 0 Å². The Hall–Kier alpha value is 0.430. The fourth-order valence-electron chi connectivity index (χ4n) is 3.21. The molecule has 0 amide bonds. The Bertz CT molecular complexity index is 226. The molecule has 0 saturated carbocycles. The molecule has 17 heavy (non-hydrogen) atoms. The van der Waals surface area contributed by atoms with Crippen molar-refractivity contribution in [3.05, 3.63) is 0 Å². The van der Waals surface area contributed by atoms with Crippen molar-refractivity contribution in [2.75, 3.05) is 6.16 Å². The highest BCUT2D eigenvalue weighted by atomic mass is 31.0. The van der Waals surface area contributed by atoms with Gasteiger partial charge in [0.2, 0.25) is 0 Å². The predicted octanol–water partition coefficient (Wildman–Crippen LogP) is 5.77. The zero-order chi connectivity index (χ0) is 13.9. The minimum absolute atomic E-state index is 0.440. The van der Waals surface area contributed by atoms with E-state index in [0.29, 0.717) is 16.2 Å². The monoisotopic (exact) mass is 258 g/mol. The predicted molar refractivity (Wildman–Crippen MR) is 84.6 cm³/mol. The van der Waals surface area contributed by atoms with Crippen molar-refractivity contribution in [2.45, 2.75) is 74.7 Å². The molecule has 0 aliphatic carbocycles. The van der Waals surface area contributed by atoms with Gasteiger partial charge < -0.3 is 0 Å². The van der Waals surface area contributed by atoms with Gasteiger partial charge in [0.05, 0.1) is 0 Å². The molecule has 0 aromatic heterocycles. The van der Waals surface area contributed by atoms with E-state index in [0.717, 1.165) is 5.92 Å². The average molecular weight is 258 g/mol. The second-order valence-corrected chi connectivity index (χ2v) is 8.63. The molecule has 0 aliphatic rings. The van der Waals surface area contributed by atoms with Crippen LogP contribution >= 0.6 is 9.24 Å². The summed E-state index contributed by atoms with van der Waals surface area (Å²) in [6, 6.07) is 0. The zero-order valence-electron chi connectivity index (χ0n) is 13.5. The van der Waals surface area contributed by atoms with E-state index in [-0.39, 0.29) is 0 Å². The van der Waals surface area contributed by atoms with E-state index in [4.69, 9.17) is 0 Å². The molecule has 0 rings (SSSR count). The molecule has 0 saturated heterocycles. The first-order chi connectivity index (χ1) is 7.46. The van der Waals surface area contributed by atoms with Gasteiger partial charge in [-0.3, -0.25) is 0 Å². The van der Waals surface area contributed by atoms with Crippen LogP contribution in [0.25, 0.3) is 0 Å². The van der Waals surface area contributed by atoms with Crippen LogP contribution in [0.1, 0.15) is 74.7 Å². The van der Waals surface area contributed by atoms with E-state index >= 15 is 0 Å². The van der Waals surface area contributed by atoms with Crippen molar-refractivity contribution in [3.8, 4) is 0 Å². The summed E-state index contributed by atoms with van der Waals surface area (Å²) in [5.74, 6) is 0.775. The van der Waals surface area contributed by atoms with Gasteiger partial charge in [-0.05, 0) is 41.2 Å². The molecule has 0 bridgehead atoms. The van der Waals surface area contributed by atoms with E-state index in [1.165, 1.54) is 25.4 Å². The minimum atomic E-state index is 0.440. The van der Waals surface area contributed by atoms with Crippen molar-refractivity contribution < 1.29 is 0 Å². The maximum absolute atomic E-state index is 2.90. The van der Waals surface area contributed by atoms with Crippen molar-refractivity contribution in [3.63, 3.8) is 0 Å². The standard InChI is InChI=1S/C16H35P/c1-9-14(3,4)11-15(5,6)12-16(7,8)13(2)10-17/h13H,9-12,17H2,1-8H3. The van der Waals surface area contributed by atoms with E-state index in [1.807, 2.05) is 0 Å². The largest absolute Gasteiger partial charge is 0.137 e. The van der Waals surface area contributed by atoms with Crippen LogP contribution in [0.5, 0.6) is 0 Å². The second-order valence-electron chi connectivity index (χ2n) is 8.16. The molecule has 2 atom stereocenters. The van der Waals surface area contributed by atoms with Crippen molar-refractivity contribution in [1.82, 2.24) is 0 Å². The molecule has 0 aromatic carbocycles. The highest BCUT2D eigenvalue weighted by Crippen LogP contribution is 2.45. The first-order valence-corrected chi connectivity index (χ1v) is 7.97. The average Bonchev–Trinajstić information content (AvgIpc) is 2.12. The van der Waals surface area contributed by atoms with Crippen molar-refractivity contribution in [2.24, 2.45) is 22.2 Å². The maximum Gasteiger partial charge on any atom is -0.0320 e. The molecule has 1 heteroatoms. The molecule has 0 aliphatic heterocycles. The molecular weight excluding hydrogens is 223 g/mol. The molecular formula is C16H35P. The zero-order valence-corrected chi connectivity index (χ0v) is 14.6. The summed E-state index contributed by atoms with van der Waals surface area (Å²) < 4.78 is 0. The molecule has 2 unspecified atom stereocenters. The lowest BCUT2D eigenvalue weighted by Crippen LogP contribution is -2.32. The van der Waals surface area contributed by atoms with Crippen LogP contribution in [-0.4, -0.2) is 6.16 Å². The third-order valence-electron chi connectivity index (χ3n) is 4.54.